The molecule has 0 saturated heterocycles. The first kappa shape index (κ1) is 15.5. The second-order valence-electron chi connectivity index (χ2n) is 3.84. The van der Waals surface area contributed by atoms with Crippen LogP contribution >= 0.6 is 29.7 Å². The second kappa shape index (κ2) is 7.19. The molecule has 0 amide bonds. The Hall–Kier alpha value is -0.930. The maximum Gasteiger partial charge on any atom is 0.326 e. The predicted molar refractivity (Wildman–Crippen MR) is 85.6 cm³/mol. The Morgan fingerprint density at radius 2 is 1.75 bits per heavy atom. The third-order valence-corrected chi connectivity index (χ3v) is 6.29. The zero-order valence-corrected chi connectivity index (χ0v) is 13.4. The average Bonchev–Trinajstić information content (AvgIpc) is 2.43. The fourth-order valence-electron chi connectivity index (χ4n) is 1.51. The third-order valence-electron chi connectivity index (χ3n) is 2.32. The minimum absolute atomic E-state index is 0.418. The van der Waals surface area contributed by atoms with Gasteiger partial charge in [0.05, 0.1) is 11.6 Å². The number of benzene rings is 2. The third kappa shape index (κ3) is 4.29. The minimum Gasteiger partial charge on any atom is -0.429 e. The summed E-state index contributed by atoms with van der Waals surface area (Å²) in [4.78, 5) is 0.941. The molecular weight excluding hydrogens is 313 g/mol. The number of rotatable bonds is 6. The van der Waals surface area contributed by atoms with Crippen LogP contribution in [0.25, 0.3) is 0 Å². The zero-order chi connectivity index (χ0) is 14.4. The quantitative estimate of drug-likeness (QED) is 0.654. The van der Waals surface area contributed by atoms with E-state index in [-0.39, 0.29) is 0 Å². The SMILES string of the molecule is CCOP(=N)(Oc1ccccc1Cl)Sc1ccccc1. The summed E-state index contributed by atoms with van der Waals surface area (Å²) in [5.74, 6) is 0.481. The molecule has 2 aromatic rings. The van der Waals surface area contributed by atoms with E-state index in [9.17, 15) is 0 Å². The van der Waals surface area contributed by atoms with Crippen molar-refractivity contribution in [3.05, 3.63) is 59.6 Å². The van der Waals surface area contributed by atoms with Crippen molar-refractivity contribution in [1.29, 1.82) is 5.16 Å². The van der Waals surface area contributed by atoms with Crippen LogP contribution in [0.2, 0.25) is 5.02 Å². The second-order valence-corrected chi connectivity index (χ2v) is 8.33. The largest absolute Gasteiger partial charge is 0.429 e. The summed E-state index contributed by atoms with van der Waals surface area (Å²) in [5.41, 5.74) is 0. The van der Waals surface area contributed by atoms with Crippen LogP contribution in [0.5, 0.6) is 5.75 Å². The monoisotopic (exact) mass is 327 g/mol. The van der Waals surface area contributed by atoms with E-state index in [0.29, 0.717) is 17.4 Å². The molecule has 3 nitrogen and oxygen atoms in total. The van der Waals surface area contributed by atoms with Gasteiger partial charge in [0.1, 0.15) is 5.75 Å². The number of hydrogen-bond donors (Lipinski definition) is 1. The molecule has 0 aliphatic carbocycles. The van der Waals surface area contributed by atoms with E-state index in [1.807, 2.05) is 49.4 Å². The number of nitrogens with one attached hydrogen (secondary N) is 1. The van der Waals surface area contributed by atoms with Crippen LogP contribution in [-0.4, -0.2) is 6.61 Å². The Balaban J connectivity index is 2.21. The molecule has 0 fully saturated rings. The molecule has 1 unspecified atom stereocenters. The van der Waals surface area contributed by atoms with Crippen molar-refractivity contribution in [3.63, 3.8) is 0 Å². The molecule has 1 N–H and O–H groups in total. The maximum atomic E-state index is 8.46. The van der Waals surface area contributed by atoms with Gasteiger partial charge in [-0.05, 0) is 42.6 Å². The smallest absolute Gasteiger partial charge is 0.326 e. The summed E-state index contributed by atoms with van der Waals surface area (Å²) in [7, 11) is 0. The summed E-state index contributed by atoms with van der Waals surface area (Å²) in [6.45, 7) is -0.588. The normalized spacial score (nSPS) is 13.7. The molecule has 2 aromatic carbocycles. The topological polar surface area (TPSA) is 42.3 Å². The molecule has 106 valence electrons. The molecule has 0 bridgehead atoms. The fraction of sp³-hybridized carbons (Fsp3) is 0.143. The Morgan fingerprint density at radius 3 is 2.40 bits per heavy atom. The molecule has 0 aromatic heterocycles. The van der Waals surface area contributed by atoms with Gasteiger partial charge in [-0.15, -0.1) is 0 Å². The predicted octanol–water partition coefficient (Wildman–Crippen LogP) is 6.07. The van der Waals surface area contributed by atoms with Gasteiger partial charge in [0.2, 0.25) is 0 Å². The van der Waals surface area contributed by atoms with E-state index in [1.54, 1.807) is 12.1 Å². The number of hydrogen-bond acceptors (Lipinski definition) is 4. The van der Waals surface area contributed by atoms with Crippen LogP contribution < -0.4 is 4.52 Å². The molecule has 0 saturated carbocycles. The zero-order valence-electron chi connectivity index (χ0n) is 11.0. The summed E-state index contributed by atoms with van der Waals surface area (Å²) >= 11 is 7.37. The van der Waals surface area contributed by atoms with Crippen LogP contribution in [0.3, 0.4) is 0 Å². The first-order valence-electron chi connectivity index (χ1n) is 6.10. The highest BCUT2D eigenvalue weighted by molar-refractivity contribution is 8.55. The van der Waals surface area contributed by atoms with Crippen molar-refractivity contribution in [2.75, 3.05) is 6.61 Å². The van der Waals surface area contributed by atoms with Crippen molar-refractivity contribution in [3.8, 4) is 5.75 Å². The summed E-state index contributed by atoms with van der Waals surface area (Å²) in [5, 5.41) is 8.95. The van der Waals surface area contributed by atoms with E-state index in [1.165, 1.54) is 11.4 Å². The van der Waals surface area contributed by atoms with Crippen molar-refractivity contribution in [2.24, 2.45) is 0 Å². The van der Waals surface area contributed by atoms with Gasteiger partial charge in [0.15, 0.2) is 0 Å². The molecule has 20 heavy (non-hydrogen) atoms. The Morgan fingerprint density at radius 1 is 1.10 bits per heavy atom. The summed E-state index contributed by atoms with van der Waals surface area (Å²) in [6, 6.07) is 16.8. The van der Waals surface area contributed by atoms with E-state index in [2.05, 4.69) is 0 Å². The molecule has 1 atom stereocenters. The lowest BCUT2D eigenvalue weighted by Crippen LogP contribution is -1.95. The molecule has 0 spiro atoms. The van der Waals surface area contributed by atoms with Crippen molar-refractivity contribution < 1.29 is 9.05 Å². The van der Waals surface area contributed by atoms with Crippen LogP contribution in [0.15, 0.2) is 59.5 Å². The van der Waals surface area contributed by atoms with Crippen LogP contribution in [0.1, 0.15) is 6.92 Å². The average molecular weight is 328 g/mol. The van der Waals surface area contributed by atoms with Gasteiger partial charge in [-0.25, -0.2) is 5.16 Å². The van der Waals surface area contributed by atoms with Gasteiger partial charge in [-0.3, -0.25) is 0 Å². The van der Waals surface area contributed by atoms with Crippen molar-refractivity contribution >= 4 is 29.7 Å². The molecular formula is C14H15ClNO2PS. The van der Waals surface area contributed by atoms with Gasteiger partial charge in [-0.1, -0.05) is 41.9 Å². The van der Waals surface area contributed by atoms with Gasteiger partial charge in [0, 0.05) is 4.90 Å². The minimum atomic E-state index is -2.86. The van der Waals surface area contributed by atoms with Crippen molar-refractivity contribution in [2.45, 2.75) is 11.8 Å². The molecule has 2 rings (SSSR count). The first-order valence-corrected chi connectivity index (χ1v) is 9.53. The standard InChI is InChI=1S/C14H15ClNO2PS/c1-2-17-19(16,20-12-8-4-3-5-9-12)18-14-11-7-6-10-13(14)15/h3-11,16H,2H2,1H3. The number of halogens is 1. The maximum absolute atomic E-state index is 8.46. The van der Waals surface area contributed by atoms with Crippen LogP contribution in [0, 0.1) is 5.16 Å². The molecule has 0 aliphatic heterocycles. The van der Waals surface area contributed by atoms with E-state index in [0.717, 1.165) is 4.90 Å². The highest BCUT2D eigenvalue weighted by atomic mass is 35.5. The lowest BCUT2D eigenvalue weighted by molar-refractivity contribution is 0.335. The highest BCUT2D eigenvalue weighted by Gasteiger charge is 2.23. The lowest BCUT2D eigenvalue weighted by atomic mass is 10.3. The Kier molecular flexibility index (Phi) is 5.55. The van der Waals surface area contributed by atoms with Crippen LogP contribution in [0.4, 0.5) is 0 Å². The molecule has 0 aliphatic rings. The van der Waals surface area contributed by atoms with E-state index < -0.39 is 6.71 Å². The lowest BCUT2D eigenvalue weighted by Gasteiger charge is -2.21. The molecule has 0 radical (unpaired) electrons. The van der Waals surface area contributed by atoms with E-state index >= 15 is 0 Å². The Labute approximate surface area is 128 Å². The van der Waals surface area contributed by atoms with E-state index in [4.69, 9.17) is 25.8 Å². The van der Waals surface area contributed by atoms with Gasteiger partial charge in [0.25, 0.3) is 0 Å². The summed E-state index contributed by atoms with van der Waals surface area (Å²) in [6.07, 6.45) is 0. The number of para-hydroxylation sites is 1. The van der Waals surface area contributed by atoms with Crippen molar-refractivity contribution in [1.82, 2.24) is 0 Å². The first-order chi connectivity index (χ1) is 9.63. The molecule has 6 heteroatoms. The van der Waals surface area contributed by atoms with Gasteiger partial charge in [-0.2, -0.15) is 0 Å². The summed E-state index contributed by atoms with van der Waals surface area (Å²) < 4.78 is 11.3. The van der Waals surface area contributed by atoms with Gasteiger partial charge >= 0.3 is 6.71 Å². The van der Waals surface area contributed by atoms with Gasteiger partial charge < -0.3 is 9.05 Å². The Bertz CT molecular complexity index is 609. The molecule has 0 heterocycles. The fourth-order valence-corrected chi connectivity index (χ4v) is 5.22. The van der Waals surface area contributed by atoms with Crippen LogP contribution in [-0.2, 0) is 4.52 Å². The highest BCUT2D eigenvalue weighted by Crippen LogP contribution is 2.64.